The van der Waals surface area contributed by atoms with Crippen molar-refractivity contribution in [2.45, 2.75) is 26.8 Å². The standard InChI is InChI=1S/C20H23NO4/c1-4-25-20(23)18-13(2)21(10-7-11-24-3)19-15-9-6-5-8-14(15)17(22)12-16(18)19/h5-6,8-9,12,22H,4,7,10-11H2,1-3H3. The zero-order valence-corrected chi connectivity index (χ0v) is 14.8. The number of esters is 1. The number of aromatic nitrogens is 1. The predicted molar refractivity (Wildman–Crippen MR) is 98.3 cm³/mol. The summed E-state index contributed by atoms with van der Waals surface area (Å²) in [6.07, 6.45) is 0.832. The molecule has 132 valence electrons. The number of phenols is 1. The summed E-state index contributed by atoms with van der Waals surface area (Å²) < 4.78 is 12.5. The maximum atomic E-state index is 12.5. The lowest BCUT2D eigenvalue weighted by atomic mass is 10.0. The first-order valence-electron chi connectivity index (χ1n) is 8.49. The normalized spacial score (nSPS) is 11.3. The van der Waals surface area contributed by atoms with Crippen LogP contribution in [0.1, 0.15) is 29.4 Å². The molecule has 0 radical (unpaired) electrons. The fourth-order valence-corrected chi connectivity index (χ4v) is 3.43. The lowest BCUT2D eigenvalue weighted by molar-refractivity contribution is 0.0527. The molecular formula is C20H23NO4. The van der Waals surface area contributed by atoms with E-state index in [9.17, 15) is 9.90 Å². The van der Waals surface area contributed by atoms with E-state index in [1.807, 2.05) is 31.2 Å². The van der Waals surface area contributed by atoms with Gasteiger partial charge in [-0.05, 0) is 26.3 Å². The molecule has 0 spiro atoms. The minimum Gasteiger partial charge on any atom is -0.507 e. The van der Waals surface area contributed by atoms with Crippen molar-refractivity contribution in [3.8, 4) is 5.75 Å². The van der Waals surface area contributed by atoms with Gasteiger partial charge in [0.2, 0.25) is 0 Å². The number of rotatable bonds is 6. The first-order valence-corrected chi connectivity index (χ1v) is 8.49. The summed E-state index contributed by atoms with van der Waals surface area (Å²) in [5.74, 6) is -0.187. The average Bonchev–Trinajstić information content (AvgIpc) is 2.87. The van der Waals surface area contributed by atoms with Gasteiger partial charge >= 0.3 is 5.97 Å². The molecule has 5 nitrogen and oxygen atoms in total. The Balaban J connectivity index is 2.33. The van der Waals surface area contributed by atoms with Gasteiger partial charge in [0, 0.05) is 42.1 Å². The van der Waals surface area contributed by atoms with Crippen molar-refractivity contribution < 1.29 is 19.4 Å². The maximum absolute atomic E-state index is 12.5. The van der Waals surface area contributed by atoms with Crippen LogP contribution in [0.4, 0.5) is 0 Å². The quantitative estimate of drug-likeness (QED) is 0.543. The fraction of sp³-hybridized carbons (Fsp3) is 0.350. The molecule has 3 rings (SSSR count). The Morgan fingerprint density at radius 3 is 2.60 bits per heavy atom. The van der Waals surface area contributed by atoms with Crippen molar-refractivity contribution in [1.29, 1.82) is 0 Å². The van der Waals surface area contributed by atoms with Crippen molar-refractivity contribution in [2.24, 2.45) is 0 Å². The van der Waals surface area contributed by atoms with Crippen molar-refractivity contribution in [3.63, 3.8) is 0 Å². The van der Waals surface area contributed by atoms with Gasteiger partial charge < -0.3 is 19.1 Å². The molecular weight excluding hydrogens is 318 g/mol. The van der Waals surface area contributed by atoms with Gasteiger partial charge in [0.05, 0.1) is 17.7 Å². The number of carbonyl (C=O) groups is 1. The lowest BCUT2D eigenvalue weighted by Gasteiger charge is -2.10. The molecule has 0 saturated carbocycles. The van der Waals surface area contributed by atoms with Gasteiger partial charge in [-0.25, -0.2) is 4.79 Å². The second-order valence-electron chi connectivity index (χ2n) is 6.02. The topological polar surface area (TPSA) is 60.7 Å². The number of phenolic OH excluding ortho intramolecular Hbond substituents is 1. The number of ether oxygens (including phenoxy) is 2. The Morgan fingerprint density at radius 1 is 1.20 bits per heavy atom. The first-order chi connectivity index (χ1) is 12.1. The highest BCUT2D eigenvalue weighted by Gasteiger charge is 2.23. The molecule has 0 saturated heterocycles. The van der Waals surface area contributed by atoms with Crippen molar-refractivity contribution >= 4 is 27.6 Å². The number of fused-ring (bicyclic) bond motifs is 3. The Bertz CT molecular complexity index is 926. The fourth-order valence-electron chi connectivity index (χ4n) is 3.43. The minimum atomic E-state index is -0.356. The summed E-state index contributed by atoms with van der Waals surface area (Å²) in [7, 11) is 1.68. The Hall–Kier alpha value is -2.53. The largest absolute Gasteiger partial charge is 0.507 e. The second kappa shape index (κ2) is 7.15. The van der Waals surface area contributed by atoms with Crippen molar-refractivity contribution in [1.82, 2.24) is 4.57 Å². The van der Waals surface area contributed by atoms with E-state index < -0.39 is 0 Å². The Morgan fingerprint density at radius 2 is 1.92 bits per heavy atom. The van der Waals surface area contributed by atoms with Crippen LogP contribution in [0, 0.1) is 6.92 Å². The number of nitrogens with zero attached hydrogens (tertiary/aromatic N) is 1. The summed E-state index contributed by atoms with van der Waals surface area (Å²) in [6, 6.07) is 9.36. The van der Waals surface area contributed by atoms with Crippen LogP contribution in [-0.2, 0) is 16.0 Å². The van der Waals surface area contributed by atoms with Gasteiger partial charge in [-0.1, -0.05) is 24.3 Å². The van der Waals surface area contributed by atoms with Gasteiger partial charge in [0.25, 0.3) is 0 Å². The summed E-state index contributed by atoms with van der Waals surface area (Å²) in [5.41, 5.74) is 2.32. The molecule has 0 aliphatic carbocycles. The molecule has 1 N–H and O–H groups in total. The van der Waals surface area contributed by atoms with Gasteiger partial charge in [0.1, 0.15) is 5.75 Å². The van der Waals surface area contributed by atoms with Gasteiger partial charge in [-0.15, -0.1) is 0 Å². The molecule has 1 aromatic heterocycles. The molecule has 0 fully saturated rings. The van der Waals surface area contributed by atoms with E-state index in [1.165, 1.54) is 0 Å². The lowest BCUT2D eigenvalue weighted by Crippen LogP contribution is -2.08. The molecule has 3 aromatic rings. The van der Waals surface area contributed by atoms with E-state index in [1.54, 1.807) is 20.1 Å². The van der Waals surface area contributed by atoms with Crippen molar-refractivity contribution in [3.05, 3.63) is 41.6 Å². The number of aryl methyl sites for hydroxylation is 1. The highest BCUT2D eigenvalue weighted by atomic mass is 16.5. The third-order valence-electron chi connectivity index (χ3n) is 4.51. The smallest absolute Gasteiger partial charge is 0.340 e. The molecule has 0 aliphatic rings. The van der Waals surface area contributed by atoms with Crippen LogP contribution in [0.15, 0.2) is 30.3 Å². The van der Waals surface area contributed by atoms with E-state index >= 15 is 0 Å². The van der Waals surface area contributed by atoms with Crippen LogP contribution in [0.3, 0.4) is 0 Å². The predicted octanol–water partition coefficient (Wildman–Crippen LogP) is 4.02. The number of methoxy groups -OCH3 is 1. The van der Waals surface area contributed by atoms with E-state index in [4.69, 9.17) is 9.47 Å². The van der Waals surface area contributed by atoms with Gasteiger partial charge in [0.15, 0.2) is 0 Å². The summed E-state index contributed by atoms with van der Waals surface area (Å²) in [4.78, 5) is 12.5. The zero-order chi connectivity index (χ0) is 18.0. The third-order valence-corrected chi connectivity index (χ3v) is 4.51. The molecule has 5 heteroatoms. The van der Waals surface area contributed by atoms with Gasteiger partial charge in [-0.2, -0.15) is 0 Å². The van der Waals surface area contributed by atoms with Crippen LogP contribution in [0.25, 0.3) is 21.7 Å². The highest BCUT2D eigenvalue weighted by Crippen LogP contribution is 2.37. The van der Waals surface area contributed by atoms with Crippen molar-refractivity contribution in [2.75, 3.05) is 20.3 Å². The maximum Gasteiger partial charge on any atom is 0.340 e. The number of hydrogen-bond donors (Lipinski definition) is 1. The molecule has 0 amide bonds. The Kier molecular flexibility index (Phi) is 4.95. The number of hydrogen-bond acceptors (Lipinski definition) is 4. The monoisotopic (exact) mass is 341 g/mol. The summed E-state index contributed by atoms with van der Waals surface area (Å²) in [5, 5.41) is 12.9. The second-order valence-corrected chi connectivity index (χ2v) is 6.02. The van der Waals surface area contributed by atoms with E-state index in [0.29, 0.717) is 18.8 Å². The van der Waals surface area contributed by atoms with Gasteiger partial charge in [-0.3, -0.25) is 0 Å². The SMILES string of the molecule is CCOC(=O)c1c(C)n(CCCOC)c2c1cc(O)c1ccccc12. The van der Waals surface area contributed by atoms with E-state index in [-0.39, 0.29) is 11.7 Å². The average molecular weight is 341 g/mol. The summed E-state index contributed by atoms with van der Waals surface area (Å²) in [6.45, 7) is 5.39. The van der Waals surface area contributed by atoms with Crippen LogP contribution in [0.2, 0.25) is 0 Å². The molecule has 0 bridgehead atoms. The Labute approximate surface area is 146 Å². The number of carbonyl (C=O) groups excluding carboxylic acids is 1. The molecule has 2 aromatic carbocycles. The van der Waals surface area contributed by atoms with Crippen LogP contribution >= 0.6 is 0 Å². The molecule has 0 atom stereocenters. The molecule has 1 heterocycles. The highest BCUT2D eigenvalue weighted by molar-refractivity contribution is 6.16. The third kappa shape index (κ3) is 2.96. The minimum absolute atomic E-state index is 0.169. The number of aromatic hydroxyl groups is 1. The van der Waals surface area contributed by atoms with E-state index in [0.717, 1.165) is 40.3 Å². The molecule has 0 unspecified atom stereocenters. The molecule has 25 heavy (non-hydrogen) atoms. The zero-order valence-electron chi connectivity index (χ0n) is 14.8. The number of benzene rings is 2. The summed E-state index contributed by atoms with van der Waals surface area (Å²) >= 11 is 0. The van der Waals surface area contributed by atoms with Crippen LogP contribution in [-0.4, -0.2) is 36.0 Å². The first kappa shape index (κ1) is 17.3. The van der Waals surface area contributed by atoms with E-state index in [2.05, 4.69) is 4.57 Å². The van der Waals surface area contributed by atoms with Crippen LogP contribution in [0.5, 0.6) is 5.75 Å². The van der Waals surface area contributed by atoms with Crippen LogP contribution < -0.4 is 0 Å². The molecule has 0 aliphatic heterocycles.